The maximum atomic E-state index is 11.4. The Kier molecular flexibility index (Phi) is 4.09. The Morgan fingerprint density at radius 1 is 1.26 bits per heavy atom. The zero-order valence-electron chi connectivity index (χ0n) is 10.5. The van der Waals surface area contributed by atoms with Crippen molar-refractivity contribution in [2.24, 2.45) is 0 Å². The summed E-state index contributed by atoms with van der Waals surface area (Å²) in [6.07, 6.45) is -3.03. The first-order valence-corrected chi connectivity index (χ1v) is 6.02. The minimum Gasteiger partial charge on any atom is -0.464 e. The van der Waals surface area contributed by atoms with Crippen LogP contribution in [0.4, 0.5) is 0 Å². The summed E-state index contributed by atoms with van der Waals surface area (Å²) in [7, 11) is 0. The zero-order chi connectivity index (χ0) is 13.8. The van der Waals surface area contributed by atoms with Gasteiger partial charge in [-0.05, 0) is 19.1 Å². The second-order valence-electron chi connectivity index (χ2n) is 4.07. The zero-order valence-corrected chi connectivity index (χ0v) is 10.5. The number of para-hydroxylation sites is 1. The van der Waals surface area contributed by atoms with Gasteiger partial charge in [0.2, 0.25) is 0 Å². The van der Waals surface area contributed by atoms with Crippen LogP contribution in [0.2, 0.25) is 0 Å². The van der Waals surface area contributed by atoms with Crippen LogP contribution in [0.25, 0.3) is 10.9 Å². The number of pyridine rings is 1. The standard InChI is InChI=1S/C14H15NO4/c1-2-19-14(18)13(17)12(16)11-8-7-9-5-3-4-6-10(9)15-11/h3-8,12-13,16-17H,2H2,1H3. The van der Waals surface area contributed by atoms with Gasteiger partial charge in [-0.25, -0.2) is 9.78 Å². The number of carbonyl (C=O) groups excluding carboxylic acids is 1. The molecule has 100 valence electrons. The van der Waals surface area contributed by atoms with Crippen molar-refractivity contribution in [3.8, 4) is 0 Å². The summed E-state index contributed by atoms with van der Waals surface area (Å²) >= 11 is 0. The van der Waals surface area contributed by atoms with Gasteiger partial charge in [0.25, 0.3) is 0 Å². The lowest BCUT2D eigenvalue weighted by Gasteiger charge is -2.16. The van der Waals surface area contributed by atoms with E-state index in [0.717, 1.165) is 5.39 Å². The number of nitrogens with zero attached hydrogens (tertiary/aromatic N) is 1. The van der Waals surface area contributed by atoms with E-state index in [4.69, 9.17) is 0 Å². The first kappa shape index (κ1) is 13.5. The fourth-order valence-corrected chi connectivity index (χ4v) is 1.76. The molecule has 1 heterocycles. The second-order valence-corrected chi connectivity index (χ2v) is 4.07. The third-order valence-corrected chi connectivity index (χ3v) is 2.75. The van der Waals surface area contributed by atoms with Crippen LogP contribution in [-0.2, 0) is 9.53 Å². The Hall–Kier alpha value is -1.98. The lowest BCUT2D eigenvalue weighted by atomic mass is 10.1. The number of aromatic nitrogens is 1. The molecule has 2 N–H and O–H groups in total. The van der Waals surface area contributed by atoms with Gasteiger partial charge in [-0.3, -0.25) is 0 Å². The summed E-state index contributed by atoms with van der Waals surface area (Å²) in [6.45, 7) is 1.78. The van der Waals surface area contributed by atoms with Gasteiger partial charge in [0, 0.05) is 5.39 Å². The normalized spacial score (nSPS) is 14.1. The van der Waals surface area contributed by atoms with E-state index in [1.54, 1.807) is 25.1 Å². The molecule has 0 radical (unpaired) electrons. The molecule has 1 aromatic carbocycles. The average Bonchev–Trinajstić information content (AvgIpc) is 2.45. The molecule has 0 spiro atoms. The van der Waals surface area contributed by atoms with Gasteiger partial charge in [-0.1, -0.05) is 24.3 Å². The molecular weight excluding hydrogens is 246 g/mol. The van der Waals surface area contributed by atoms with E-state index in [-0.39, 0.29) is 12.3 Å². The van der Waals surface area contributed by atoms with Gasteiger partial charge in [-0.2, -0.15) is 0 Å². The monoisotopic (exact) mass is 261 g/mol. The largest absolute Gasteiger partial charge is 0.464 e. The Balaban J connectivity index is 2.25. The molecule has 2 unspecified atom stereocenters. The van der Waals surface area contributed by atoms with Gasteiger partial charge in [0.05, 0.1) is 17.8 Å². The molecule has 0 fully saturated rings. The number of rotatable bonds is 4. The molecule has 0 aliphatic heterocycles. The van der Waals surface area contributed by atoms with E-state index in [1.165, 1.54) is 0 Å². The van der Waals surface area contributed by atoms with Crippen molar-refractivity contribution in [3.63, 3.8) is 0 Å². The molecule has 0 saturated carbocycles. The van der Waals surface area contributed by atoms with Crippen molar-refractivity contribution < 1.29 is 19.7 Å². The van der Waals surface area contributed by atoms with E-state index < -0.39 is 18.2 Å². The molecule has 2 aromatic rings. The van der Waals surface area contributed by atoms with Crippen molar-refractivity contribution in [1.29, 1.82) is 0 Å². The number of carbonyl (C=O) groups is 1. The molecule has 5 heteroatoms. The predicted octanol–water partition coefficient (Wildman–Crippen LogP) is 1.19. The summed E-state index contributed by atoms with van der Waals surface area (Å²) in [4.78, 5) is 15.6. The molecule has 0 aliphatic carbocycles. The lowest BCUT2D eigenvalue weighted by Crippen LogP contribution is -2.30. The van der Waals surface area contributed by atoms with Crippen LogP contribution in [-0.4, -0.2) is 33.9 Å². The molecule has 0 saturated heterocycles. The predicted molar refractivity (Wildman–Crippen MR) is 69.3 cm³/mol. The molecule has 1 aromatic heterocycles. The fourth-order valence-electron chi connectivity index (χ4n) is 1.76. The van der Waals surface area contributed by atoms with E-state index in [0.29, 0.717) is 5.52 Å². The van der Waals surface area contributed by atoms with Gasteiger partial charge >= 0.3 is 5.97 Å². The second kappa shape index (κ2) is 5.77. The molecule has 0 bridgehead atoms. The number of hydrogen-bond donors (Lipinski definition) is 2. The quantitative estimate of drug-likeness (QED) is 0.808. The highest BCUT2D eigenvalue weighted by Crippen LogP contribution is 2.19. The van der Waals surface area contributed by atoms with Crippen LogP contribution in [0, 0.1) is 0 Å². The van der Waals surface area contributed by atoms with E-state index in [1.807, 2.05) is 18.2 Å². The topological polar surface area (TPSA) is 79.7 Å². The summed E-state index contributed by atoms with van der Waals surface area (Å²) in [6, 6.07) is 10.7. The molecule has 2 rings (SSSR count). The first-order chi connectivity index (χ1) is 9.13. The minimum absolute atomic E-state index is 0.147. The maximum Gasteiger partial charge on any atom is 0.338 e. The number of hydrogen-bond acceptors (Lipinski definition) is 5. The number of ether oxygens (including phenoxy) is 1. The Bertz CT molecular complexity index is 584. The fraction of sp³-hybridized carbons (Fsp3) is 0.286. The maximum absolute atomic E-state index is 11.4. The summed E-state index contributed by atoms with van der Waals surface area (Å²) < 4.78 is 4.66. The van der Waals surface area contributed by atoms with Crippen LogP contribution in [0.1, 0.15) is 18.7 Å². The average molecular weight is 261 g/mol. The van der Waals surface area contributed by atoms with Crippen LogP contribution >= 0.6 is 0 Å². The van der Waals surface area contributed by atoms with E-state index in [9.17, 15) is 15.0 Å². The molecule has 2 atom stereocenters. The Morgan fingerprint density at radius 3 is 2.74 bits per heavy atom. The third kappa shape index (κ3) is 2.89. The number of aliphatic hydroxyl groups is 2. The highest BCUT2D eigenvalue weighted by molar-refractivity contribution is 5.79. The molecule has 5 nitrogen and oxygen atoms in total. The highest BCUT2D eigenvalue weighted by Gasteiger charge is 2.27. The highest BCUT2D eigenvalue weighted by atomic mass is 16.5. The number of aliphatic hydroxyl groups excluding tert-OH is 2. The van der Waals surface area contributed by atoms with Gasteiger partial charge in [0.1, 0.15) is 6.10 Å². The molecular formula is C14H15NO4. The smallest absolute Gasteiger partial charge is 0.338 e. The van der Waals surface area contributed by atoms with E-state index >= 15 is 0 Å². The minimum atomic E-state index is -1.63. The molecule has 0 amide bonds. The Labute approximate surface area is 110 Å². The first-order valence-electron chi connectivity index (χ1n) is 6.02. The van der Waals surface area contributed by atoms with Gasteiger partial charge in [-0.15, -0.1) is 0 Å². The molecule has 0 aliphatic rings. The van der Waals surface area contributed by atoms with Crippen molar-refractivity contribution in [3.05, 3.63) is 42.1 Å². The number of fused-ring (bicyclic) bond motifs is 1. The number of benzene rings is 1. The van der Waals surface area contributed by atoms with Crippen molar-refractivity contribution >= 4 is 16.9 Å². The lowest BCUT2D eigenvalue weighted by molar-refractivity contribution is -0.159. The summed E-state index contributed by atoms with van der Waals surface area (Å²) in [5.74, 6) is -0.857. The van der Waals surface area contributed by atoms with Gasteiger partial charge in [0.15, 0.2) is 6.10 Å². The summed E-state index contributed by atoms with van der Waals surface area (Å²) in [5, 5.41) is 20.5. The Morgan fingerprint density at radius 2 is 2.00 bits per heavy atom. The van der Waals surface area contributed by atoms with Crippen LogP contribution in [0.3, 0.4) is 0 Å². The van der Waals surface area contributed by atoms with Crippen LogP contribution in [0.15, 0.2) is 36.4 Å². The van der Waals surface area contributed by atoms with Crippen molar-refractivity contribution in [2.45, 2.75) is 19.1 Å². The van der Waals surface area contributed by atoms with Crippen LogP contribution < -0.4 is 0 Å². The summed E-state index contributed by atoms with van der Waals surface area (Å²) in [5.41, 5.74) is 0.925. The van der Waals surface area contributed by atoms with Crippen molar-refractivity contribution in [1.82, 2.24) is 4.98 Å². The SMILES string of the molecule is CCOC(=O)C(O)C(O)c1ccc2ccccc2n1. The van der Waals surface area contributed by atoms with Crippen molar-refractivity contribution in [2.75, 3.05) is 6.61 Å². The number of esters is 1. The van der Waals surface area contributed by atoms with E-state index in [2.05, 4.69) is 9.72 Å². The van der Waals surface area contributed by atoms with Crippen LogP contribution in [0.5, 0.6) is 0 Å². The third-order valence-electron chi connectivity index (χ3n) is 2.75. The molecule has 19 heavy (non-hydrogen) atoms. The van der Waals surface area contributed by atoms with Gasteiger partial charge < -0.3 is 14.9 Å².